The maximum atomic E-state index is 11.8. The zero-order chi connectivity index (χ0) is 25.5. The van der Waals surface area contributed by atoms with Crippen molar-refractivity contribution < 1.29 is 19.0 Å². The summed E-state index contributed by atoms with van der Waals surface area (Å²) in [4.78, 5) is 22.9. The van der Waals surface area contributed by atoms with Crippen LogP contribution in [-0.4, -0.2) is 60.3 Å². The van der Waals surface area contributed by atoms with Crippen molar-refractivity contribution in [2.24, 2.45) is 5.92 Å². The zero-order valence-electron chi connectivity index (χ0n) is 21.0. The normalized spacial score (nSPS) is 15.4. The number of nitrogens with one attached hydrogen (secondary N) is 1. The first-order valence-electron chi connectivity index (χ1n) is 12.4. The van der Waals surface area contributed by atoms with Gasteiger partial charge in [-0.05, 0) is 69.5 Å². The second kappa shape index (κ2) is 12.4. The van der Waals surface area contributed by atoms with Crippen LogP contribution in [0, 0.1) is 5.92 Å². The number of hydrogen-bond acceptors (Lipinski definition) is 8. The Hall–Kier alpha value is -2.91. The second-order valence-corrected chi connectivity index (χ2v) is 9.78. The van der Waals surface area contributed by atoms with E-state index < -0.39 is 0 Å². The number of anilines is 2. The van der Waals surface area contributed by atoms with E-state index in [4.69, 9.17) is 14.2 Å². The van der Waals surface area contributed by atoms with E-state index in [0.717, 1.165) is 53.4 Å². The van der Waals surface area contributed by atoms with E-state index in [2.05, 4.69) is 43.0 Å². The molecule has 2 heterocycles. The molecule has 1 unspecified atom stereocenters. The van der Waals surface area contributed by atoms with Gasteiger partial charge in [-0.2, -0.15) is 0 Å². The van der Waals surface area contributed by atoms with Crippen molar-refractivity contribution in [3.63, 3.8) is 0 Å². The first-order valence-corrected chi connectivity index (χ1v) is 13.2. The molecule has 1 saturated heterocycles. The number of likely N-dealkylation sites (tertiary alicyclic amines) is 1. The molecule has 0 radical (unpaired) electrons. The minimum Gasteiger partial charge on any atom is -0.493 e. The van der Waals surface area contributed by atoms with Crippen LogP contribution in [-0.2, 0) is 9.53 Å². The van der Waals surface area contributed by atoms with Crippen LogP contribution in [0.3, 0.4) is 0 Å². The van der Waals surface area contributed by atoms with Crippen LogP contribution >= 0.6 is 15.9 Å². The van der Waals surface area contributed by atoms with Gasteiger partial charge >= 0.3 is 5.97 Å². The van der Waals surface area contributed by atoms with Crippen molar-refractivity contribution >= 4 is 44.3 Å². The van der Waals surface area contributed by atoms with Gasteiger partial charge in [-0.25, -0.2) is 9.97 Å². The maximum absolute atomic E-state index is 11.8. The number of ether oxygens (including phenoxy) is 3. The molecule has 4 rings (SSSR count). The summed E-state index contributed by atoms with van der Waals surface area (Å²) in [5, 5.41) is 4.22. The van der Waals surface area contributed by atoms with Crippen LogP contribution in [0.5, 0.6) is 11.5 Å². The van der Waals surface area contributed by atoms with Crippen molar-refractivity contribution in [1.29, 1.82) is 0 Å². The number of hydrogen-bond donors (Lipinski definition) is 1. The Morgan fingerprint density at radius 1 is 1.17 bits per heavy atom. The minimum atomic E-state index is -0.157. The monoisotopic (exact) mass is 556 g/mol. The summed E-state index contributed by atoms with van der Waals surface area (Å²) in [6.45, 7) is 6.46. The molecule has 8 nitrogen and oxygen atoms in total. The van der Waals surface area contributed by atoms with Crippen LogP contribution < -0.4 is 14.8 Å². The highest BCUT2D eigenvalue weighted by Crippen LogP contribution is 2.37. The summed E-state index contributed by atoms with van der Waals surface area (Å²) in [6.07, 6.45) is 4.41. The molecule has 1 aliphatic heterocycles. The van der Waals surface area contributed by atoms with Gasteiger partial charge in [0.25, 0.3) is 0 Å². The molecule has 0 aliphatic carbocycles. The van der Waals surface area contributed by atoms with Gasteiger partial charge in [-0.15, -0.1) is 0 Å². The molecular weight excluding hydrogens is 524 g/mol. The van der Waals surface area contributed by atoms with Gasteiger partial charge in [0.05, 0.1) is 25.8 Å². The number of halogens is 1. The van der Waals surface area contributed by atoms with Gasteiger partial charge in [-0.1, -0.05) is 28.9 Å². The Bertz CT molecular complexity index is 1180. The highest BCUT2D eigenvalue weighted by molar-refractivity contribution is 9.10. The van der Waals surface area contributed by atoms with Crippen LogP contribution in [0.25, 0.3) is 10.9 Å². The number of rotatable bonds is 10. The lowest BCUT2D eigenvalue weighted by Crippen LogP contribution is -2.41. The van der Waals surface area contributed by atoms with Gasteiger partial charge in [-0.3, -0.25) is 9.69 Å². The number of aromatic nitrogens is 2. The zero-order valence-corrected chi connectivity index (χ0v) is 22.6. The summed E-state index contributed by atoms with van der Waals surface area (Å²) >= 11 is 3.51. The van der Waals surface area contributed by atoms with Gasteiger partial charge in [0, 0.05) is 21.6 Å². The number of benzene rings is 2. The Balaban J connectivity index is 1.49. The third-order valence-electron chi connectivity index (χ3n) is 6.50. The van der Waals surface area contributed by atoms with E-state index in [1.54, 1.807) is 13.4 Å². The van der Waals surface area contributed by atoms with Crippen LogP contribution in [0.15, 0.2) is 47.2 Å². The number of carbonyl (C=O) groups is 1. The Morgan fingerprint density at radius 2 is 1.97 bits per heavy atom. The Labute approximate surface area is 220 Å². The molecule has 192 valence electrons. The van der Waals surface area contributed by atoms with Gasteiger partial charge in [0.1, 0.15) is 18.2 Å². The Morgan fingerprint density at radius 3 is 2.67 bits per heavy atom. The lowest BCUT2D eigenvalue weighted by atomic mass is 9.89. The van der Waals surface area contributed by atoms with E-state index >= 15 is 0 Å². The maximum Gasteiger partial charge on any atom is 0.320 e. The quantitative estimate of drug-likeness (QED) is 0.324. The van der Waals surface area contributed by atoms with Crippen molar-refractivity contribution in [3.8, 4) is 11.5 Å². The predicted octanol–water partition coefficient (Wildman–Crippen LogP) is 5.58. The highest BCUT2D eigenvalue weighted by Gasteiger charge is 2.29. The topological polar surface area (TPSA) is 85.8 Å². The molecule has 0 bridgehead atoms. The van der Waals surface area contributed by atoms with E-state index in [1.807, 2.05) is 43.3 Å². The molecule has 1 N–H and O–H groups in total. The molecule has 1 aliphatic rings. The summed E-state index contributed by atoms with van der Waals surface area (Å²) < 4.78 is 18.3. The lowest BCUT2D eigenvalue weighted by Gasteiger charge is -2.35. The molecule has 3 aromatic rings. The number of nitrogens with zero attached hydrogens (tertiary/aromatic N) is 3. The van der Waals surface area contributed by atoms with Crippen molar-refractivity contribution in [2.45, 2.75) is 39.2 Å². The molecule has 9 heteroatoms. The largest absolute Gasteiger partial charge is 0.493 e. The molecule has 0 amide bonds. The molecular formula is C27H33BrN4O4. The minimum absolute atomic E-state index is 0.0437. The van der Waals surface area contributed by atoms with Gasteiger partial charge in [0.15, 0.2) is 11.5 Å². The van der Waals surface area contributed by atoms with E-state index in [9.17, 15) is 4.79 Å². The number of piperidine rings is 1. The van der Waals surface area contributed by atoms with Crippen molar-refractivity contribution in [3.05, 3.63) is 47.2 Å². The number of fused-ring (bicyclic) bond motifs is 1. The average Bonchev–Trinajstić information content (AvgIpc) is 2.87. The molecule has 0 saturated carbocycles. The predicted molar refractivity (Wildman–Crippen MR) is 144 cm³/mol. The third-order valence-corrected chi connectivity index (χ3v) is 7.00. The smallest absolute Gasteiger partial charge is 0.320 e. The Kier molecular flexibility index (Phi) is 8.98. The fraction of sp³-hybridized carbons (Fsp3) is 0.444. The first-order chi connectivity index (χ1) is 17.5. The van der Waals surface area contributed by atoms with Gasteiger partial charge in [0.2, 0.25) is 0 Å². The summed E-state index contributed by atoms with van der Waals surface area (Å²) in [6, 6.07) is 11.8. The molecule has 1 fully saturated rings. The summed E-state index contributed by atoms with van der Waals surface area (Å²) in [5.74, 6) is 2.26. The van der Waals surface area contributed by atoms with E-state index in [1.165, 1.54) is 0 Å². The van der Waals surface area contributed by atoms with Crippen molar-refractivity contribution in [2.75, 3.05) is 38.7 Å². The molecule has 2 aromatic carbocycles. The second-order valence-electron chi connectivity index (χ2n) is 8.86. The van der Waals surface area contributed by atoms with Crippen LogP contribution in [0.2, 0.25) is 0 Å². The third kappa shape index (κ3) is 6.44. The SMILES string of the molecule is CCOC(=O)CN1CCC(C(CC)Oc2cc3ncnc(Nc4cccc(Br)c4)c3cc2OC)CC1. The number of methoxy groups -OCH3 is 1. The highest BCUT2D eigenvalue weighted by atomic mass is 79.9. The fourth-order valence-electron chi connectivity index (χ4n) is 4.67. The fourth-order valence-corrected chi connectivity index (χ4v) is 5.07. The summed E-state index contributed by atoms with van der Waals surface area (Å²) in [7, 11) is 1.65. The molecule has 1 atom stereocenters. The standard InChI is InChI=1S/C27H33BrN4O4/c1-4-23(18-9-11-32(12-10-18)16-26(33)35-5-2)36-25-15-22-21(14-24(25)34-3)27(30-17-29-22)31-20-8-6-7-19(28)13-20/h6-8,13-15,17-18,23H,4-5,9-12,16H2,1-3H3,(H,29,30,31). The van der Waals surface area contributed by atoms with Crippen LogP contribution in [0.1, 0.15) is 33.1 Å². The molecule has 36 heavy (non-hydrogen) atoms. The molecule has 1 aromatic heterocycles. The van der Waals surface area contributed by atoms with E-state index in [0.29, 0.717) is 36.4 Å². The van der Waals surface area contributed by atoms with Crippen LogP contribution in [0.4, 0.5) is 11.5 Å². The summed E-state index contributed by atoms with van der Waals surface area (Å²) in [5.41, 5.74) is 1.70. The number of esters is 1. The van der Waals surface area contributed by atoms with Gasteiger partial charge < -0.3 is 19.5 Å². The molecule has 0 spiro atoms. The first kappa shape index (κ1) is 26.2. The van der Waals surface area contributed by atoms with Crippen molar-refractivity contribution in [1.82, 2.24) is 14.9 Å². The average molecular weight is 557 g/mol. The number of carbonyl (C=O) groups excluding carboxylic acids is 1. The lowest BCUT2D eigenvalue weighted by molar-refractivity contribution is -0.144. The van der Waals surface area contributed by atoms with E-state index in [-0.39, 0.29) is 12.1 Å².